The van der Waals surface area contributed by atoms with Crippen molar-refractivity contribution in [2.75, 3.05) is 6.61 Å². The Morgan fingerprint density at radius 3 is 2.27 bits per heavy atom. The van der Waals surface area contributed by atoms with Crippen molar-refractivity contribution in [1.82, 2.24) is 0 Å². The van der Waals surface area contributed by atoms with Crippen molar-refractivity contribution in [3.63, 3.8) is 0 Å². The average molecular weight is 158 g/mol. The molecule has 0 bridgehead atoms. The predicted octanol–water partition coefficient (Wildman–Crippen LogP) is 2.23. The molecule has 0 fully saturated rings. The van der Waals surface area contributed by atoms with E-state index in [0.29, 0.717) is 12.5 Å². The number of hydrogen-bond acceptors (Lipinski definition) is 2. The molecule has 0 saturated heterocycles. The Bertz CT molecular complexity index is 119. The number of rotatable bonds is 4. The third-order valence-corrected chi connectivity index (χ3v) is 1.82. The normalized spacial score (nSPS) is 13.2. The maximum absolute atomic E-state index is 11.1. The highest BCUT2D eigenvalue weighted by atomic mass is 16.5. The van der Waals surface area contributed by atoms with Gasteiger partial charge in [-0.1, -0.05) is 27.7 Å². The molecule has 11 heavy (non-hydrogen) atoms. The van der Waals surface area contributed by atoms with E-state index in [-0.39, 0.29) is 11.9 Å². The molecule has 0 aromatic carbocycles. The quantitative estimate of drug-likeness (QED) is 0.586. The largest absolute Gasteiger partial charge is 0.465 e. The van der Waals surface area contributed by atoms with Gasteiger partial charge >= 0.3 is 5.97 Å². The number of esters is 1. The van der Waals surface area contributed by atoms with Gasteiger partial charge in [-0.05, 0) is 12.3 Å². The molecule has 0 aliphatic heterocycles. The first-order valence-electron chi connectivity index (χ1n) is 4.26. The Balaban J connectivity index is 3.64. The Hall–Kier alpha value is -0.530. The molecule has 0 aliphatic rings. The molecule has 0 aromatic heterocycles. The minimum absolute atomic E-state index is 0.0292. The van der Waals surface area contributed by atoms with Gasteiger partial charge in [0.25, 0.3) is 0 Å². The van der Waals surface area contributed by atoms with Crippen LogP contribution in [0.1, 0.15) is 34.1 Å². The van der Waals surface area contributed by atoms with Crippen molar-refractivity contribution in [3.05, 3.63) is 0 Å². The third kappa shape index (κ3) is 4.02. The lowest BCUT2D eigenvalue weighted by atomic mass is 9.99. The van der Waals surface area contributed by atoms with Crippen molar-refractivity contribution < 1.29 is 9.53 Å². The van der Waals surface area contributed by atoms with E-state index in [0.717, 1.165) is 6.42 Å². The second-order valence-corrected chi connectivity index (χ2v) is 3.20. The molecule has 1 unspecified atom stereocenters. The van der Waals surface area contributed by atoms with Crippen molar-refractivity contribution in [1.29, 1.82) is 0 Å². The van der Waals surface area contributed by atoms with Crippen LogP contribution >= 0.6 is 0 Å². The maximum Gasteiger partial charge on any atom is 0.308 e. The first-order chi connectivity index (χ1) is 5.09. The fourth-order valence-corrected chi connectivity index (χ4v) is 0.606. The van der Waals surface area contributed by atoms with Crippen LogP contribution < -0.4 is 0 Å². The van der Waals surface area contributed by atoms with Crippen LogP contribution in [-0.2, 0) is 9.53 Å². The number of ether oxygens (including phenoxy) is 1. The first-order valence-corrected chi connectivity index (χ1v) is 4.26. The van der Waals surface area contributed by atoms with Gasteiger partial charge in [0.2, 0.25) is 0 Å². The summed E-state index contributed by atoms with van der Waals surface area (Å²) in [6.45, 7) is 8.50. The minimum Gasteiger partial charge on any atom is -0.465 e. The predicted molar refractivity (Wildman–Crippen MR) is 45.3 cm³/mol. The van der Waals surface area contributed by atoms with Crippen LogP contribution in [0.3, 0.4) is 0 Å². The van der Waals surface area contributed by atoms with Gasteiger partial charge in [0.1, 0.15) is 0 Å². The Morgan fingerprint density at radius 1 is 1.36 bits per heavy atom. The molecule has 0 radical (unpaired) electrons. The lowest BCUT2D eigenvalue weighted by Crippen LogP contribution is -2.19. The van der Waals surface area contributed by atoms with Crippen LogP contribution in [-0.4, -0.2) is 12.6 Å². The number of hydrogen-bond donors (Lipinski definition) is 0. The molecule has 0 amide bonds. The van der Waals surface area contributed by atoms with Gasteiger partial charge in [-0.3, -0.25) is 4.79 Å². The molecule has 0 N–H and O–H groups in total. The molecular formula is C9H18O2. The second-order valence-electron chi connectivity index (χ2n) is 3.20. The van der Waals surface area contributed by atoms with Gasteiger partial charge in [-0.25, -0.2) is 0 Å². The van der Waals surface area contributed by atoms with Gasteiger partial charge < -0.3 is 4.74 Å². The fraction of sp³-hybridized carbons (Fsp3) is 0.889. The molecule has 0 spiro atoms. The number of carbonyl (C=O) groups excluding carboxylic acids is 1. The molecule has 1 atom stereocenters. The van der Waals surface area contributed by atoms with Crippen LogP contribution in [0.15, 0.2) is 0 Å². The summed E-state index contributed by atoms with van der Waals surface area (Å²) in [4.78, 5) is 11.1. The summed E-state index contributed by atoms with van der Waals surface area (Å²) in [6, 6.07) is 0. The molecule has 0 aliphatic carbocycles. The lowest BCUT2D eigenvalue weighted by Gasteiger charge is -2.13. The van der Waals surface area contributed by atoms with Crippen molar-refractivity contribution in [2.45, 2.75) is 34.1 Å². The monoisotopic (exact) mass is 158 g/mol. The Kier molecular flexibility index (Phi) is 4.92. The standard InChI is InChI=1S/C9H18O2/c1-5-6-11-9(10)8(4)7(2)3/h7-8H,5-6H2,1-4H3. The average Bonchev–Trinajstić information content (AvgIpc) is 1.98. The summed E-state index contributed by atoms with van der Waals surface area (Å²) in [5.41, 5.74) is 0. The van der Waals surface area contributed by atoms with Gasteiger partial charge in [0, 0.05) is 0 Å². The van der Waals surface area contributed by atoms with Gasteiger partial charge in [-0.15, -0.1) is 0 Å². The van der Waals surface area contributed by atoms with Crippen molar-refractivity contribution in [3.8, 4) is 0 Å². The van der Waals surface area contributed by atoms with Crippen LogP contribution in [0.5, 0.6) is 0 Å². The molecular weight excluding hydrogens is 140 g/mol. The zero-order valence-electron chi connectivity index (χ0n) is 7.89. The SMILES string of the molecule is CCCOC(=O)C(C)C(C)C. The van der Waals surface area contributed by atoms with Crippen molar-refractivity contribution >= 4 is 5.97 Å². The van der Waals surface area contributed by atoms with Crippen LogP contribution in [0.25, 0.3) is 0 Å². The van der Waals surface area contributed by atoms with Crippen LogP contribution in [0, 0.1) is 11.8 Å². The third-order valence-electron chi connectivity index (χ3n) is 1.82. The summed E-state index contributed by atoms with van der Waals surface area (Å²) in [6.07, 6.45) is 0.899. The van der Waals surface area contributed by atoms with Gasteiger partial charge in [0.15, 0.2) is 0 Å². The highest BCUT2D eigenvalue weighted by Crippen LogP contribution is 2.11. The van der Waals surface area contributed by atoms with E-state index in [2.05, 4.69) is 0 Å². The summed E-state index contributed by atoms with van der Waals surface area (Å²) >= 11 is 0. The number of carbonyl (C=O) groups is 1. The molecule has 0 saturated carbocycles. The summed E-state index contributed by atoms with van der Waals surface area (Å²) < 4.78 is 4.98. The lowest BCUT2D eigenvalue weighted by molar-refractivity contribution is -0.149. The van der Waals surface area contributed by atoms with E-state index < -0.39 is 0 Å². The van der Waals surface area contributed by atoms with E-state index in [1.807, 2.05) is 27.7 Å². The van der Waals surface area contributed by atoms with Gasteiger partial charge in [-0.2, -0.15) is 0 Å². The van der Waals surface area contributed by atoms with E-state index in [1.165, 1.54) is 0 Å². The van der Waals surface area contributed by atoms with Crippen LogP contribution in [0.2, 0.25) is 0 Å². The van der Waals surface area contributed by atoms with E-state index in [9.17, 15) is 4.79 Å². The highest BCUT2D eigenvalue weighted by molar-refractivity contribution is 5.72. The first kappa shape index (κ1) is 10.5. The smallest absolute Gasteiger partial charge is 0.308 e. The van der Waals surface area contributed by atoms with Crippen LogP contribution in [0.4, 0.5) is 0 Å². The Labute approximate surface area is 68.9 Å². The fourth-order valence-electron chi connectivity index (χ4n) is 0.606. The molecule has 0 heterocycles. The summed E-state index contributed by atoms with van der Waals surface area (Å²) in [7, 11) is 0. The molecule has 0 rings (SSSR count). The molecule has 2 heteroatoms. The van der Waals surface area contributed by atoms with E-state index in [4.69, 9.17) is 4.74 Å². The summed E-state index contributed by atoms with van der Waals surface area (Å²) in [5.74, 6) is 0.336. The zero-order valence-corrected chi connectivity index (χ0v) is 7.89. The van der Waals surface area contributed by atoms with E-state index >= 15 is 0 Å². The van der Waals surface area contributed by atoms with Crippen molar-refractivity contribution in [2.24, 2.45) is 11.8 Å². The maximum atomic E-state index is 11.1. The summed E-state index contributed by atoms with van der Waals surface area (Å²) in [5, 5.41) is 0. The van der Waals surface area contributed by atoms with E-state index in [1.54, 1.807) is 0 Å². The topological polar surface area (TPSA) is 26.3 Å². The highest BCUT2D eigenvalue weighted by Gasteiger charge is 2.17. The van der Waals surface area contributed by atoms with Gasteiger partial charge in [0.05, 0.1) is 12.5 Å². The Morgan fingerprint density at radius 2 is 1.91 bits per heavy atom. The molecule has 66 valence electrons. The second kappa shape index (κ2) is 5.16. The molecule has 0 aromatic rings. The minimum atomic E-state index is -0.0677. The molecule has 2 nitrogen and oxygen atoms in total. The zero-order chi connectivity index (χ0) is 8.85.